The van der Waals surface area contributed by atoms with E-state index in [0.29, 0.717) is 23.0 Å². The highest BCUT2D eigenvalue weighted by Gasteiger charge is 2.51. The predicted molar refractivity (Wildman–Crippen MR) is 185 cm³/mol. The molecule has 0 saturated heterocycles. The van der Waals surface area contributed by atoms with E-state index in [9.17, 15) is 0 Å². The molecule has 1 aliphatic carbocycles. The second kappa shape index (κ2) is 9.87. The van der Waals surface area contributed by atoms with Crippen LogP contribution >= 0.6 is 0 Å². The molecule has 0 bridgehead atoms. The number of para-hydroxylation sites is 4. The lowest BCUT2D eigenvalue weighted by Gasteiger charge is -2.40. The Hall–Kier alpha value is -6.26. The van der Waals surface area contributed by atoms with Crippen molar-refractivity contribution in [2.75, 3.05) is 4.90 Å². The second-order valence-corrected chi connectivity index (χ2v) is 12.1. The molecular weight excluding hydrogens is 578 g/mol. The highest BCUT2D eigenvalue weighted by molar-refractivity contribution is 5.89. The summed E-state index contributed by atoms with van der Waals surface area (Å²) >= 11 is 0. The van der Waals surface area contributed by atoms with E-state index in [1.54, 1.807) is 0 Å². The van der Waals surface area contributed by atoms with Gasteiger partial charge in [-0.1, -0.05) is 97.1 Å². The summed E-state index contributed by atoms with van der Waals surface area (Å²) in [6.45, 7) is 0. The maximum absolute atomic E-state index is 6.69. The van der Waals surface area contributed by atoms with Gasteiger partial charge in [-0.05, 0) is 82.9 Å². The Labute approximate surface area is 272 Å². The van der Waals surface area contributed by atoms with Crippen LogP contribution in [0.25, 0.3) is 11.1 Å². The van der Waals surface area contributed by atoms with Gasteiger partial charge in [0.05, 0.1) is 11.1 Å². The van der Waals surface area contributed by atoms with Crippen LogP contribution in [0.2, 0.25) is 0 Å². The van der Waals surface area contributed by atoms with E-state index in [1.807, 2.05) is 36.4 Å². The number of hydrogen-bond donors (Lipinski definition) is 0. The third kappa shape index (κ3) is 3.70. The molecule has 7 aromatic rings. The molecule has 0 unspecified atom stereocenters. The van der Waals surface area contributed by atoms with Crippen LogP contribution in [0.5, 0.6) is 34.5 Å². The Bertz CT molecular complexity index is 2320. The fraction of sp³-hybridized carbons (Fsp3) is 0.0233. The molecule has 0 radical (unpaired) electrons. The van der Waals surface area contributed by atoms with E-state index in [2.05, 4.69) is 132 Å². The van der Waals surface area contributed by atoms with E-state index < -0.39 is 5.41 Å². The fourth-order valence-corrected chi connectivity index (χ4v) is 7.66. The number of anilines is 3. The first-order valence-corrected chi connectivity index (χ1v) is 15.8. The van der Waals surface area contributed by atoms with Crippen LogP contribution in [0, 0.1) is 0 Å². The standard InChI is InChI=1S/C43H27NO3/c1-2-12-28(13-3-1)44(30-23-25-41-42(27-30)47-40-21-11-10-20-39(40)46-41)29-22-24-38-36(26-29)43(35-18-8-9-19-37(35)45-38)33-16-6-4-14-31(33)32-15-5-7-17-34(32)43/h1-27H. The summed E-state index contributed by atoms with van der Waals surface area (Å²) in [5.74, 6) is 4.51. The lowest BCUT2D eigenvalue weighted by Crippen LogP contribution is -2.32. The fourth-order valence-electron chi connectivity index (χ4n) is 7.66. The Balaban J connectivity index is 1.21. The molecule has 0 N–H and O–H groups in total. The summed E-state index contributed by atoms with van der Waals surface area (Å²) in [6.07, 6.45) is 0. The van der Waals surface area contributed by atoms with Gasteiger partial charge in [-0.15, -0.1) is 0 Å². The van der Waals surface area contributed by atoms with Crippen LogP contribution in [0.4, 0.5) is 17.1 Å². The van der Waals surface area contributed by atoms with Gasteiger partial charge < -0.3 is 19.1 Å². The second-order valence-electron chi connectivity index (χ2n) is 12.1. The van der Waals surface area contributed by atoms with E-state index in [1.165, 1.54) is 22.3 Å². The zero-order valence-electron chi connectivity index (χ0n) is 25.3. The van der Waals surface area contributed by atoms with Crippen LogP contribution in [-0.4, -0.2) is 0 Å². The number of fused-ring (bicyclic) bond motifs is 11. The van der Waals surface area contributed by atoms with Gasteiger partial charge in [-0.25, -0.2) is 0 Å². The van der Waals surface area contributed by atoms with Gasteiger partial charge in [-0.2, -0.15) is 0 Å². The van der Waals surface area contributed by atoms with Gasteiger partial charge in [0.25, 0.3) is 0 Å². The lowest BCUT2D eigenvalue weighted by molar-refractivity contribution is 0.360. The molecule has 2 heterocycles. The van der Waals surface area contributed by atoms with Crippen LogP contribution in [0.15, 0.2) is 164 Å². The van der Waals surface area contributed by atoms with E-state index in [-0.39, 0.29) is 0 Å². The Morgan fingerprint density at radius 1 is 0.319 bits per heavy atom. The smallest absolute Gasteiger partial charge is 0.172 e. The summed E-state index contributed by atoms with van der Waals surface area (Å²) in [5.41, 5.74) is 9.73. The van der Waals surface area contributed by atoms with Gasteiger partial charge in [0.2, 0.25) is 0 Å². The van der Waals surface area contributed by atoms with Crippen LogP contribution in [0.3, 0.4) is 0 Å². The highest BCUT2D eigenvalue weighted by Crippen LogP contribution is 2.62. The monoisotopic (exact) mass is 605 g/mol. The topological polar surface area (TPSA) is 30.9 Å². The number of rotatable bonds is 3. The Morgan fingerprint density at radius 3 is 1.49 bits per heavy atom. The molecule has 0 atom stereocenters. The van der Waals surface area contributed by atoms with Crippen molar-refractivity contribution in [2.24, 2.45) is 0 Å². The molecule has 222 valence electrons. The quantitative estimate of drug-likeness (QED) is 0.200. The van der Waals surface area contributed by atoms with Gasteiger partial charge in [-0.3, -0.25) is 0 Å². The van der Waals surface area contributed by atoms with Gasteiger partial charge in [0.15, 0.2) is 23.0 Å². The van der Waals surface area contributed by atoms with Crippen LogP contribution in [0.1, 0.15) is 22.3 Å². The van der Waals surface area contributed by atoms with E-state index >= 15 is 0 Å². The highest BCUT2D eigenvalue weighted by atomic mass is 16.6. The van der Waals surface area contributed by atoms with Crippen LogP contribution in [-0.2, 0) is 5.41 Å². The average molecular weight is 606 g/mol. The molecule has 47 heavy (non-hydrogen) atoms. The Morgan fingerprint density at radius 2 is 0.787 bits per heavy atom. The van der Waals surface area contributed by atoms with Gasteiger partial charge in [0.1, 0.15) is 11.5 Å². The predicted octanol–water partition coefficient (Wildman–Crippen LogP) is 11.5. The van der Waals surface area contributed by atoms with Crippen molar-refractivity contribution in [1.82, 2.24) is 0 Å². The van der Waals surface area contributed by atoms with Crippen molar-refractivity contribution in [2.45, 2.75) is 5.41 Å². The normalized spacial score (nSPS) is 13.8. The molecule has 0 aromatic heterocycles. The first kappa shape index (κ1) is 26.0. The van der Waals surface area contributed by atoms with Crippen molar-refractivity contribution in [1.29, 1.82) is 0 Å². The first-order chi connectivity index (χ1) is 23.3. The van der Waals surface area contributed by atoms with Crippen LogP contribution < -0.4 is 19.1 Å². The molecule has 0 fully saturated rings. The summed E-state index contributed by atoms with van der Waals surface area (Å²) in [5, 5.41) is 0. The van der Waals surface area contributed by atoms with Crippen molar-refractivity contribution >= 4 is 17.1 Å². The summed E-state index contributed by atoms with van der Waals surface area (Å²) in [6, 6.07) is 57.0. The number of hydrogen-bond acceptors (Lipinski definition) is 4. The van der Waals surface area contributed by atoms with Gasteiger partial charge in [0, 0.05) is 28.6 Å². The molecule has 3 aliphatic rings. The molecule has 10 rings (SSSR count). The Kier molecular flexibility index (Phi) is 5.46. The number of benzene rings is 7. The SMILES string of the molecule is c1ccc(N(c2ccc3c(c2)Oc2ccccc2O3)c2ccc3c(c2)C2(c4ccccc4O3)c3ccccc3-c3ccccc32)cc1. The van der Waals surface area contributed by atoms with Crippen molar-refractivity contribution in [3.63, 3.8) is 0 Å². The van der Waals surface area contributed by atoms with Crippen molar-refractivity contribution in [3.8, 4) is 45.6 Å². The zero-order chi connectivity index (χ0) is 31.0. The van der Waals surface area contributed by atoms with E-state index in [4.69, 9.17) is 14.2 Å². The van der Waals surface area contributed by atoms with Crippen molar-refractivity contribution < 1.29 is 14.2 Å². The third-order valence-corrected chi connectivity index (χ3v) is 9.58. The molecule has 7 aromatic carbocycles. The molecular formula is C43H27NO3. The first-order valence-electron chi connectivity index (χ1n) is 15.8. The minimum atomic E-state index is -0.549. The molecule has 2 aliphatic heterocycles. The summed E-state index contributed by atoms with van der Waals surface area (Å²) in [4.78, 5) is 2.27. The maximum atomic E-state index is 6.69. The molecule has 4 heteroatoms. The summed E-state index contributed by atoms with van der Waals surface area (Å²) < 4.78 is 19.2. The number of nitrogens with zero attached hydrogens (tertiary/aromatic N) is 1. The minimum absolute atomic E-state index is 0.549. The lowest BCUT2D eigenvalue weighted by atomic mass is 9.66. The molecule has 4 nitrogen and oxygen atoms in total. The van der Waals surface area contributed by atoms with Crippen molar-refractivity contribution in [3.05, 3.63) is 186 Å². The maximum Gasteiger partial charge on any atom is 0.172 e. The van der Waals surface area contributed by atoms with E-state index in [0.717, 1.165) is 39.7 Å². The van der Waals surface area contributed by atoms with Gasteiger partial charge >= 0.3 is 0 Å². The zero-order valence-corrected chi connectivity index (χ0v) is 25.3. The third-order valence-electron chi connectivity index (χ3n) is 9.58. The minimum Gasteiger partial charge on any atom is -0.457 e. The average Bonchev–Trinajstić information content (AvgIpc) is 3.42. The largest absolute Gasteiger partial charge is 0.457 e. The molecule has 0 saturated carbocycles. The molecule has 1 spiro atoms. The molecule has 0 amide bonds. The number of ether oxygens (including phenoxy) is 3. The summed E-state index contributed by atoms with van der Waals surface area (Å²) in [7, 11) is 0.